The summed E-state index contributed by atoms with van der Waals surface area (Å²) in [5.41, 5.74) is 0.177. The summed E-state index contributed by atoms with van der Waals surface area (Å²) in [5, 5.41) is 0. The molecule has 5 heteroatoms. The number of methoxy groups -OCH3 is 1. The highest BCUT2D eigenvalue weighted by atomic mass is 35.5. The maximum absolute atomic E-state index is 11.9. The Morgan fingerprint density at radius 1 is 1.39 bits per heavy atom. The Kier molecular flexibility index (Phi) is 3.39. The minimum atomic E-state index is -0.585. The fourth-order valence-corrected chi connectivity index (χ4v) is 2.57. The molecular weight excluding hydrogens is 254 g/mol. The number of hydrogen-bond acceptors (Lipinski definition) is 3. The predicted octanol–water partition coefficient (Wildman–Crippen LogP) is 3.04. The third-order valence-corrected chi connectivity index (χ3v) is 3.45. The molecule has 0 radical (unpaired) electrons. The topological polar surface area (TPSA) is 38.8 Å². The predicted molar refractivity (Wildman–Crippen MR) is 70.5 cm³/mol. The van der Waals surface area contributed by atoms with Crippen LogP contribution in [0.1, 0.15) is 13.8 Å². The van der Waals surface area contributed by atoms with Crippen LogP contribution < -0.4 is 9.64 Å². The maximum Gasteiger partial charge on any atom is 0.415 e. The zero-order valence-electron chi connectivity index (χ0n) is 10.6. The van der Waals surface area contributed by atoms with E-state index >= 15 is 0 Å². The third-order valence-electron chi connectivity index (χ3n) is 3.16. The van der Waals surface area contributed by atoms with Crippen molar-refractivity contribution in [1.82, 2.24) is 0 Å². The number of carbonyl (C=O) groups is 1. The molecule has 4 nitrogen and oxygen atoms in total. The molecule has 1 fully saturated rings. The Hall–Kier alpha value is -1.42. The van der Waals surface area contributed by atoms with E-state index < -0.39 is 5.60 Å². The summed E-state index contributed by atoms with van der Waals surface area (Å²) in [5.74, 6) is 1.07. The van der Waals surface area contributed by atoms with Crippen molar-refractivity contribution in [3.8, 4) is 5.75 Å². The molecule has 1 aliphatic heterocycles. The Labute approximate surface area is 111 Å². The first-order valence-electron chi connectivity index (χ1n) is 5.72. The molecule has 0 spiro atoms. The van der Waals surface area contributed by atoms with Gasteiger partial charge in [0.05, 0.1) is 13.2 Å². The molecule has 1 aromatic carbocycles. The highest BCUT2D eigenvalue weighted by molar-refractivity contribution is 6.19. The number of anilines is 1. The summed E-state index contributed by atoms with van der Waals surface area (Å²) in [4.78, 5) is 13.5. The second-order valence-corrected chi connectivity index (χ2v) is 5.02. The smallest absolute Gasteiger partial charge is 0.415 e. The second kappa shape index (κ2) is 4.69. The summed E-state index contributed by atoms with van der Waals surface area (Å²) in [7, 11) is 1.60. The summed E-state index contributed by atoms with van der Waals surface area (Å²) in [6.07, 6.45) is -0.365. The highest BCUT2D eigenvalue weighted by Crippen LogP contribution is 2.34. The van der Waals surface area contributed by atoms with Crippen molar-refractivity contribution in [2.45, 2.75) is 25.5 Å². The van der Waals surface area contributed by atoms with Gasteiger partial charge in [-0.05, 0) is 38.1 Å². The minimum Gasteiger partial charge on any atom is -0.497 e. The standard InChI is InChI=1S/C13H16ClNO3/c1-13(2)11(8-14)15(12(16)18-13)9-4-6-10(17-3)7-5-9/h4-7,11H,8H2,1-3H3. The molecule has 1 aromatic rings. The summed E-state index contributed by atoms with van der Waals surface area (Å²) in [6, 6.07) is 7.07. The van der Waals surface area contributed by atoms with E-state index in [1.807, 2.05) is 26.0 Å². The van der Waals surface area contributed by atoms with Gasteiger partial charge in [-0.15, -0.1) is 11.6 Å². The Bertz CT molecular complexity index is 444. The van der Waals surface area contributed by atoms with Crippen molar-refractivity contribution in [3.63, 3.8) is 0 Å². The van der Waals surface area contributed by atoms with Gasteiger partial charge < -0.3 is 9.47 Å². The van der Waals surface area contributed by atoms with E-state index in [9.17, 15) is 4.79 Å². The number of cyclic esters (lactones) is 1. The lowest BCUT2D eigenvalue weighted by molar-refractivity contribution is 0.0725. The van der Waals surface area contributed by atoms with Crippen LogP contribution in [0, 0.1) is 0 Å². The molecule has 18 heavy (non-hydrogen) atoms. The van der Waals surface area contributed by atoms with Crippen LogP contribution in [0.4, 0.5) is 10.5 Å². The molecule has 1 unspecified atom stereocenters. The number of rotatable bonds is 3. The Morgan fingerprint density at radius 2 is 2.00 bits per heavy atom. The number of ether oxygens (including phenoxy) is 2. The van der Waals surface area contributed by atoms with Crippen LogP contribution in [0.2, 0.25) is 0 Å². The van der Waals surface area contributed by atoms with Crippen molar-refractivity contribution in [2.24, 2.45) is 0 Å². The van der Waals surface area contributed by atoms with Crippen LogP contribution >= 0.6 is 11.6 Å². The molecule has 0 aromatic heterocycles. The molecular formula is C13H16ClNO3. The van der Waals surface area contributed by atoms with Crippen LogP contribution in [0.3, 0.4) is 0 Å². The first kappa shape index (κ1) is 13.0. The fourth-order valence-electron chi connectivity index (χ4n) is 2.06. The molecule has 1 aliphatic rings. The molecule has 0 bridgehead atoms. The van der Waals surface area contributed by atoms with E-state index in [1.165, 1.54) is 0 Å². The van der Waals surface area contributed by atoms with Crippen LogP contribution in [-0.2, 0) is 4.74 Å². The molecule has 1 heterocycles. The zero-order chi connectivity index (χ0) is 13.3. The normalized spacial score (nSPS) is 21.9. The third kappa shape index (κ3) is 2.12. The monoisotopic (exact) mass is 269 g/mol. The minimum absolute atomic E-state index is 0.180. The van der Waals surface area contributed by atoms with Crippen molar-refractivity contribution < 1.29 is 14.3 Å². The van der Waals surface area contributed by atoms with Gasteiger partial charge in [-0.25, -0.2) is 4.79 Å². The number of carbonyl (C=O) groups excluding carboxylic acids is 1. The van der Waals surface area contributed by atoms with E-state index in [0.717, 1.165) is 11.4 Å². The largest absolute Gasteiger partial charge is 0.497 e. The first-order chi connectivity index (χ1) is 8.49. The van der Waals surface area contributed by atoms with Gasteiger partial charge in [0.25, 0.3) is 0 Å². The lowest BCUT2D eigenvalue weighted by Crippen LogP contribution is -2.43. The van der Waals surface area contributed by atoms with E-state index in [0.29, 0.717) is 5.88 Å². The molecule has 0 saturated carbocycles. The Morgan fingerprint density at radius 3 is 2.50 bits per heavy atom. The van der Waals surface area contributed by atoms with Gasteiger partial charge in [-0.1, -0.05) is 0 Å². The van der Waals surface area contributed by atoms with E-state index in [1.54, 1.807) is 24.1 Å². The van der Waals surface area contributed by atoms with Crippen LogP contribution in [0.25, 0.3) is 0 Å². The van der Waals surface area contributed by atoms with E-state index in [2.05, 4.69) is 0 Å². The number of alkyl halides is 1. The van der Waals surface area contributed by atoms with Crippen molar-refractivity contribution in [2.75, 3.05) is 17.9 Å². The van der Waals surface area contributed by atoms with Crippen molar-refractivity contribution >= 4 is 23.4 Å². The van der Waals surface area contributed by atoms with Crippen LogP contribution in [0.15, 0.2) is 24.3 Å². The first-order valence-corrected chi connectivity index (χ1v) is 6.25. The van der Waals surface area contributed by atoms with Gasteiger partial charge in [0.2, 0.25) is 0 Å². The number of benzene rings is 1. The summed E-state index contributed by atoms with van der Waals surface area (Å²) in [6.45, 7) is 3.73. The Balaban J connectivity index is 2.33. The lowest BCUT2D eigenvalue weighted by atomic mass is 10.00. The summed E-state index contributed by atoms with van der Waals surface area (Å²) < 4.78 is 10.4. The molecule has 1 amide bonds. The molecule has 98 valence electrons. The number of nitrogens with zero attached hydrogens (tertiary/aromatic N) is 1. The van der Waals surface area contributed by atoms with Gasteiger partial charge in [0.15, 0.2) is 0 Å². The second-order valence-electron chi connectivity index (χ2n) is 4.71. The SMILES string of the molecule is COc1ccc(N2C(=O)OC(C)(C)C2CCl)cc1. The molecule has 0 aliphatic carbocycles. The molecule has 1 saturated heterocycles. The quantitative estimate of drug-likeness (QED) is 0.792. The van der Waals surface area contributed by atoms with Crippen molar-refractivity contribution in [3.05, 3.63) is 24.3 Å². The van der Waals surface area contributed by atoms with Gasteiger partial charge >= 0.3 is 6.09 Å². The number of hydrogen-bond donors (Lipinski definition) is 0. The molecule has 0 N–H and O–H groups in total. The highest BCUT2D eigenvalue weighted by Gasteiger charge is 2.47. The van der Waals surface area contributed by atoms with Gasteiger partial charge in [-0.3, -0.25) is 4.90 Å². The molecule has 2 rings (SSSR count). The number of halogens is 1. The zero-order valence-corrected chi connectivity index (χ0v) is 11.4. The van der Waals surface area contributed by atoms with Crippen LogP contribution in [0.5, 0.6) is 5.75 Å². The van der Waals surface area contributed by atoms with Gasteiger partial charge in [-0.2, -0.15) is 0 Å². The fraction of sp³-hybridized carbons (Fsp3) is 0.462. The van der Waals surface area contributed by atoms with E-state index in [-0.39, 0.29) is 12.1 Å². The molecule has 1 atom stereocenters. The lowest BCUT2D eigenvalue weighted by Gasteiger charge is -2.26. The number of amides is 1. The van der Waals surface area contributed by atoms with E-state index in [4.69, 9.17) is 21.1 Å². The maximum atomic E-state index is 11.9. The average molecular weight is 270 g/mol. The summed E-state index contributed by atoms with van der Waals surface area (Å²) >= 11 is 5.96. The average Bonchev–Trinajstić information content (AvgIpc) is 2.58. The van der Waals surface area contributed by atoms with Gasteiger partial charge in [0, 0.05) is 11.6 Å². The van der Waals surface area contributed by atoms with Gasteiger partial charge in [0.1, 0.15) is 11.4 Å². The van der Waals surface area contributed by atoms with Crippen molar-refractivity contribution in [1.29, 1.82) is 0 Å². The van der Waals surface area contributed by atoms with Crippen LogP contribution in [-0.4, -0.2) is 30.7 Å².